The van der Waals surface area contributed by atoms with E-state index in [9.17, 15) is 4.79 Å². The summed E-state index contributed by atoms with van der Waals surface area (Å²) in [7, 11) is 0. The highest BCUT2D eigenvalue weighted by atomic mass is 16.7. The normalized spacial score (nSPS) is 28.8. The van der Waals surface area contributed by atoms with Crippen LogP contribution in [0.15, 0.2) is 0 Å². The maximum atomic E-state index is 12.6. The summed E-state index contributed by atoms with van der Waals surface area (Å²) in [5.41, 5.74) is 0. The highest BCUT2D eigenvalue weighted by Gasteiger charge is 2.43. The molecule has 0 radical (unpaired) electrons. The first-order valence-electron chi connectivity index (χ1n) is 8.01. The largest absolute Gasteiger partial charge is 0.346 e. The SMILES string of the molecule is CC(C(=O)N1CCCCC1)N1CCCC2(C1)OCCO2. The first-order valence-corrected chi connectivity index (χ1v) is 8.01. The number of nitrogens with zero attached hydrogens (tertiary/aromatic N) is 2. The van der Waals surface area contributed by atoms with E-state index in [-0.39, 0.29) is 11.9 Å². The fourth-order valence-electron chi connectivity index (χ4n) is 3.62. The van der Waals surface area contributed by atoms with Gasteiger partial charge >= 0.3 is 0 Å². The van der Waals surface area contributed by atoms with Crippen LogP contribution in [0.4, 0.5) is 0 Å². The Hall–Kier alpha value is -0.650. The number of hydrogen-bond donors (Lipinski definition) is 0. The van der Waals surface area contributed by atoms with Crippen LogP contribution >= 0.6 is 0 Å². The molecule has 3 aliphatic rings. The van der Waals surface area contributed by atoms with E-state index >= 15 is 0 Å². The quantitative estimate of drug-likeness (QED) is 0.764. The van der Waals surface area contributed by atoms with Crippen molar-refractivity contribution < 1.29 is 14.3 Å². The molecule has 0 aliphatic carbocycles. The number of carbonyl (C=O) groups excluding carboxylic acids is 1. The molecule has 0 aromatic rings. The second kappa shape index (κ2) is 6.00. The van der Waals surface area contributed by atoms with E-state index in [4.69, 9.17) is 9.47 Å². The maximum absolute atomic E-state index is 12.6. The Balaban J connectivity index is 1.60. The van der Waals surface area contributed by atoms with Crippen LogP contribution in [0, 0.1) is 0 Å². The topological polar surface area (TPSA) is 42.0 Å². The van der Waals surface area contributed by atoms with Crippen molar-refractivity contribution in [3.05, 3.63) is 0 Å². The zero-order valence-electron chi connectivity index (χ0n) is 12.5. The van der Waals surface area contributed by atoms with Gasteiger partial charge < -0.3 is 14.4 Å². The molecule has 3 heterocycles. The Bertz CT molecular complexity index is 349. The van der Waals surface area contributed by atoms with E-state index in [1.807, 2.05) is 11.8 Å². The van der Waals surface area contributed by atoms with Crippen LogP contribution in [0.2, 0.25) is 0 Å². The molecule has 0 bridgehead atoms. The van der Waals surface area contributed by atoms with E-state index in [0.29, 0.717) is 13.2 Å². The lowest BCUT2D eigenvalue weighted by atomic mass is 10.0. The Morgan fingerprint density at radius 3 is 2.45 bits per heavy atom. The van der Waals surface area contributed by atoms with E-state index in [1.165, 1.54) is 6.42 Å². The molecule has 1 spiro atoms. The van der Waals surface area contributed by atoms with Crippen LogP contribution in [0.25, 0.3) is 0 Å². The molecule has 1 unspecified atom stereocenters. The molecule has 3 fully saturated rings. The summed E-state index contributed by atoms with van der Waals surface area (Å²) in [5.74, 6) is -0.158. The van der Waals surface area contributed by atoms with Crippen LogP contribution in [0.3, 0.4) is 0 Å². The highest BCUT2D eigenvalue weighted by molar-refractivity contribution is 5.81. The molecular weight excluding hydrogens is 256 g/mol. The number of likely N-dealkylation sites (tertiary alicyclic amines) is 2. The zero-order chi connectivity index (χ0) is 14.0. The van der Waals surface area contributed by atoms with Gasteiger partial charge in [-0.15, -0.1) is 0 Å². The summed E-state index contributed by atoms with van der Waals surface area (Å²) in [5, 5.41) is 0. The lowest BCUT2D eigenvalue weighted by Gasteiger charge is -2.42. The van der Waals surface area contributed by atoms with Gasteiger partial charge in [-0.05, 0) is 39.2 Å². The first-order chi connectivity index (χ1) is 9.70. The lowest BCUT2D eigenvalue weighted by Crippen LogP contribution is -2.56. The van der Waals surface area contributed by atoms with E-state index in [1.54, 1.807) is 0 Å². The molecule has 3 aliphatic heterocycles. The minimum absolute atomic E-state index is 0.0573. The van der Waals surface area contributed by atoms with E-state index in [2.05, 4.69) is 4.90 Å². The van der Waals surface area contributed by atoms with Gasteiger partial charge in [0.05, 0.1) is 25.8 Å². The summed E-state index contributed by atoms with van der Waals surface area (Å²) in [4.78, 5) is 16.9. The van der Waals surface area contributed by atoms with Crippen molar-refractivity contribution in [1.29, 1.82) is 0 Å². The van der Waals surface area contributed by atoms with Gasteiger partial charge in [0.2, 0.25) is 5.91 Å². The molecule has 5 nitrogen and oxygen atoms in total. The zero-order valence-corrected chi connectivity index (χ0v) is 12.5. The van der Waals surface area contributed by atoms with Crippen molar-refractivity contribution in [1.82, 2.24) is 9.80 Å². The van der Waals surface area contributed by atoms with E-state index in [0.717, 1.165) is 51.9 Å². The molecule has 1 atom stereocenters. The van der Waals surface area contributed by atoms with Gasteiger partial charge in [-0.2, -0.15) is 0 Å². The number of carbonyl (C=O) groups is 1. The minimum atomic E-state index is -0.436. The van der Waals surface area contributed by atoms with Crippen molar-refractivity contribution >= 4 is 5.91 Å². The second-order valence-electron chi connectivity index (χ2n) is 6.24. The third kappa shape index (κ3) is 2.85. The van der Waals surface area contributed by atoms with Crippen LogP contribution in [-0.2, 0) is 14.3 Å². The summed E-state index contributed by atoms with van der Waals surface area (Å²) < 4.78 is 11.6. The standard InChI is InChI=1S/C15H26N2O3/c1-13(14(18)16-7-3-2-4-8-16)17-9-5-6-15(12-17)19-10-11-20-15/h13H,2-12H2,1H3. The van der Waals surface area contributed by atoms with E-state index < -0.39 is 5.79 Å². The van der Waals surface area contributed by atoms with Crippen LogP contribution in [0.5, 0.6) is 0 Å². The summed E-state index contributed by atoms with van der Waals surface area (Å²) in [6, 6.07) is -0.0573. The molecule has 0 aromatic carbocycles. The molecule has 114 valence electrons. The molecule has 0 saturated carbocycles. The monoisotopic (exact) mass is 282 g/mol. The number of hydrogen-bond acceptors (Lipinski definition) is 4. The maximum Gasteiger partial charge on any atom is 0.239 e. The minimum Gasteiger partial charge on any atom is -0.346 e. The summed E-state index contributed by atoms with van der Waals surface area (Å²) in [6.07, 6.45) is 5.54. The van der Waals surface area contributed by atoms with Crippen molar-refractivity contribution in [2.75, 3.05) is 39.4 Å². The molecular formula is C15H26N2O3. The van der Waals surface area contributed by atoms with Gasteiger partial charge in [0, 0.05) is 19.5 Å². The van der Waals surface area contributed by atoms with Crippen LogP contribution in [0.1, 0.15) is 39.0 Å². The second-order valence-corrected chi connectivity index (χ2v) is 6.24. The molecule has 20 heavy (non-hydrogen) atoms. The van der Waals surface area contributed by atoms with Gasteiger partial charge in [-0.1, -0.05) is 0 Å². The lowest BCUT2D eigenvalue weighted by molar-refractivity contribution is -0.194. The van der Waals surface area contributed by atoms with Gasteiger partial charge in [0.25, 0.3) is 0 Å². The Morgan fingerprint density at radius 2 is 1.75 bits per heavy atom. The summed E-state index contributed by atoms with van der Waals surface area (Å²) in [6.45, 7) is 6.95. The first kappa shape index (κ1) is 14.3. The average Bonchev–Trinajstić information content (AvgIpc) is 2.94. The fourth-order valence-corrected chi connectivity index (χ4v) is 3.62. The van der Waals surface area contributed by atoms with Crippen molar-refractivity contribution in [3.8, 4) is 0 Å². The van der Waals surface area contributed by atoms with Crippen molar-refractivity contribution in [2.45, 2.75) is 50.9 Å². The van der Waals surface area contributed by atoms with Gasteiger partial charge in [-0.3, -0.25) is 9.69 Å². The molecule has 1 amide bonds. The predicted octanol–water partition coefficient (Wildman–Crippen LogP) is 1.23. The smallest absolute Gasteiger partial charge is 0.239 e. The van der Waals surface area contributed by atoms with Gasteiger partial charge in [0.1, 0.15) is 0 Å². The van der Waals surface area contributed by atoms with Crippen LogP contribution in [-0.4, -0.2) is 66.9 Å². The molecule has 5 heteroatoms. The van der Waals surface area contributed by atoms with Crippen molar-refractivity contribution in [3.63, 3.8) is 0 Å². The highest BCUT2D eigenvalue weighted by Crippen LogP contribution is 2.31. The van der Waals surface area contributed by atoms with Gasteiger partial charge in [0.15, 0.2) is 5.79 Å². The number of rotatable bonds is 2. The third-order valence-electron chi connectivity index (χ3n) is 4.83. The Morgan fingerprint density at radius 1 is 1.05 bits per heavy atom. The van der Waals surface area contributed by atoms with Crippen LogP contribution < -0.4 is 0 Å². The molecule has 3 rings (SSSR count). The summed E-state index contributed by atoms with van der Waals surface area (Å²) >= 11 is 0. The van der Waals surface area contributed by atoms with Gasteiger partial charge in [-0.25, -0.2) is 0 Å². The van der Waals surface area contributed by atoms with Crippen molar-refractivity contribution in [2.24, 2.45) is 0 Å². The molecule has 0 aromatic heterocycles. The molecule has 0 N–H and O–H groups in total. The molecule has 3 saturated heterocycles. The fraction of sp³-hybridized carbons (Fsp3) is 0.933. The predicted molar refractivity (Wildman–Crippen MR) is 75.3 cm³/mol. The number of ether oxygens (including phenoxy) is 2. The average molecular weight is 282 g/mol. The Kier molecular flexibility index (Phi) is 4.29. The Labute approximate surface area is 121 Å². The third-order valence-corrected chi connectivity index (χ3v) is 4.83. The number of amides is 1. The number of piperidine rings is 2.